The maximum absolute atomic E-state index is 10.2. The van der Waals surface area contributed by atoms with E-state index in [9.17, 15) is 9.59 Å². The van der Waals surface area contributed by atoms with Gasteiger partial charge in [0, 0.05) is 11.1 Å². The second-order valence-corrected chi connectivity index (χ2v) is 2.13. The van der Waals surface area contributed by atoms with Crippen molar-refractivity contribution in [1.29, 1.82) is 0 Å². The van der Waals surface area contributed by atoms with Crippen molar-refractivity contribution in [2.24, 2.45) is 0 Å². The Hall–Kier alpha value is -1.88. The zero-order valence-corrected chi connectivity index (χ0v) is 6.28. The standard InChI is InChI=1S/C10H6O2/c11-7-1-2-9-3-5-10(8-12)6-4-9/h3-8H. The van der Waals surface area contributed by atoms with E-state index in [-0.39, 0.29) is 0 Å². The molecule has 0 aliphatic rings. The van der Waals surface area contributed by atoms with Crippen LogP contribution in [0.2, 0.25) is 0 Å². The Morgan fingerprint density at radius 1 is 1.08 bits per heavy atom. The summed E-state index contributed by atoms with van der Waals surface area (Å²) in [6.07, 6.45) is 1.30. The summed E-state index contributed by atoms with van der Waals surface area (Å²) < 4.78 is 0. The van der Waals surface area contributed by atoms with E-state index in [0.29, 0.717) is 11.8 Å². The van der Waals surface area contributed by atoms with Crippen molar-refractivity contribution < 1.29 is 9.59 Å². The lowest BCUT2D eigenvalue weighted by molar-refractivity contribution is -0.103. The number of benzene rings is 1. The summed E-state index contributed by atoms with van der Waals surface area (Å²) in [7, 11) is 0. The van der Waals surface area contributed by atoms with Gasteiger partial charge in [-0.3, -0.25) is 9.59 Å². The van der Waals surface area contributed by atoms with Gasteiger partial charge in [-0.25, -0.2) is 0 Å². The number of rotatable bonds is 1. The van der Waals surface area contributed by atoms with Crippen molar-refractivity contribution in [2.75, 3.05) is 0 Å². The van der Waals surface area contributed by atoms with E-state index in [2.05, 4.69) is 11.8 Å². The van der Waals surface area contributed by atoms with Crippen molar-refractivity contribution in [3.8, 4) is 11.8 Å². The lowest BCUT2D eigenvalue weighted by atomic mass is 10.1. The fourth-order valence-electron chi connectivity index (χ4n) is 0.758. The molecule has 1 aromatic carbocycles. The SMILES string of the molecule is O=CC#Cc1ccc(C=O)cc1. The third kappa shape index (κ3) is 2.06. The first kappa shape index (κ1) is 8.22. The summed E-state index contributed by atoms with van der Waals surface area (Å²) in [5, 5.41) is 0. The highest BCUT2D eigenvalue weighted by atomic mass is 16.1. The second kappa shape index (κ2) is 4.09. The molecule has 0 saturated carbocycles. The molecule has 0 atom stereocenters. The van der Waals surface area contributed by atoms with E-state index in [1.807, 2.05) is 0 Å². The van der Waals surface area contributed by atoms with Crippen molar-refractivity contribution in [1.82, 2.24) is 0 Å². The van der Waals surface area contributed by atoms with E-state index in [1.54, 1.807) is 24.3 Å². The van der Waals surface area contributed by atoms with Crippen LogP contribution in [0.25, 0.3) is 0 Å². The molecular formula is C10H6O2. The molecule has 0 spiro atoms. The van der Waals surface area contributed by atoms with E-state index < -0.39 is 0 Å². The zero-order valence-electron chi connectivity index (χ0n) is 6.28. The van der Waals surface area contributed by atoms with Gasteiger partial charge in [-0.05, 0) is 18.1 Å². The van der Waals surface area contributed by atoms with Crippen LogP contribution in [-0.2, 0) is 4.79 Å². The van der Waals surface area contributed by atoms with Gasteiger partial charge in [0.2, 0.25) is 0 Å². The number of carbonyl (C=O) groups is 2. The highest BCUT2D eigenvalue weighted by Gasteiger charge is 1.88. The molecule has 12 heavy (non-hydrogen) atoms. The Kier molecular flexibility index (Phi) is 2.80. The van der Waals surface area contributed by atoms with Crippen LogP contribution in [0, 0.1) is 11.8 Å². The predicted molar refractivity (Wildman–Crippen MR) is 44.8 cm³/mol. The van der Waals surface area contributed by atoms with Crippen LogP contribution in [0.1, 0.15) is 15.9 Å². The van der Waals surface area contributed by atoms with Crippen molar-refractivity contribution in [3.63, 3.8) is 0 Å². The van der Waals surface area contributed by atoms with E-state index >= 15 is 0 Å². The normalized spacial score (nSPS) is 8.00. The van der Waals surface area contributed by atoms with Gasteiger partial charge < -0.3 is 0 Å². The lowest BCUT2D eigenvalue weighted by Crippen LogP contribution is -1.79. The topological polar surface area (TPSA) is 34.1 Å². The zero-order chi connectivity index (χ0) is 8.81. The molecule has 0 fully saturated rings. The Morgan fingerprint density at radius 2 is 1.75 bits per heavy atom. The molecule has 0 bridgehead atoms. The summed E-state index contributed by atoms with van der Waals surface area (Å²) in [4.78, 5) is 20.1. The van der Waals surface area contributed by atoms with E-state index in [4.69, 9.17) is 0 Å². The van der Waals surface area contributed by atoms with Gasteiger partial charge in [-0.15, -0.1) is 0 Å². The lowest BCUT2D eigenvalue weighted by Gasteiger charge is -1.89. The van der Waals surface area contributed by atoms with Gasteiger partial charge in [-0.2, -0.15) is 0 Å². The van der Waals surface area contributed by atoms with Crippen LogP contribution in [0.3, 0.4) is 0 Å². The Labute approximate surface area is 70.2 Å². The van der Waals surface area contributed by atoms with Crippen molar-refractivity contribution >= 4 is 12.6 Å². The highest BCUT2D eigenvalue weighted by molar-refractivity contribution is 5.76. The van der Waals surface area contributed by atoms with Crippen LogP contribution in [-0.4, -0.2) is 12.6 Å². The van der Waals surface area contributed by atoms with Crippen LogP contribution in [0.15, 0.2) is 24.3 Å². The summed E-state index contributed by atoms with van der Waals surface area (Å²) >= 11 is 0. The highest BCUT2D eigenvalue weighted by Crippen LogP contribution is 1.99. The number of hydrogen-bond donors (Lipinski definition) is 0. The summed E-state index contributed by atoms with van der Waals surface area (Å²) in [6, 6.07) is 6.70. The Morgan fingerprint density at radius 3 is 2.25 bits per heavy atom. The molecule has 1 aromatic rings. The predicted octanol–water partition coefficient (Wildman–Crippen LogP) is 1.05. The first-order valence-electron chi connectivity index (χ1n) is 3.37. The smallest absolute Gasteiger partial charge is 0.193 e. The molecule has 2 heteroatoms. The molecule has 0 aliphatic carbocycles. The molecule has 2 nitrogen and oxygen atoms in total. The van der Waals surface area contributed by atoms with Crippen molar-refractivity contribution in [2.45, 2.75) is 0 Å². The second-order valence-electron chi connectivity index (χ2n) is 2.13. The summed E-state index contributed by atoms with van der Waals surface area (Å²) in [5.41, 5.74) is 1.33. The number of carbonyl (C=O) groups excluding carboxylic acids is 2. The van der Waals surface area contributed by atoms with E-state index in [0.717, 1.165) is 11.8 Å². The third-order valence-corrected chi connectivity index (χ3v) is 1.32. The Bertz CT molecular complexity index is 338. The molecule has 58 valence electrons. The molecular weight excluding hydrogens is 152 g/mol. The van der Waals surface area contributed by atoms with Gasteiger partial charge in [0.25, 0.3) is 0 Å². The third-order valence-electron chi connectivity index (χ3n) is 1.32. The first-order valence-corrected chi connectivity index (χ1v) is 3.37. The minimum atomic E-state index is 0.535. The molecule has 0 N–H and O–H groups in total. The number of hydrogen-bond acceptors (Lipinski definition) is 2. The molecule has 0 heterocycles. The minimum Gasteiger partial charge on any atom is -0.298 e. The van der Waals surface area contributed by atoms with Gasteiger partial charge in [0.05, 0.1) is 0 Å². The minimum absolute atomic E-state index is 0.535. The summed E-state index contributed by atoms with van der Waals surface area (Å²) in [5.74, 6) is 4.89. The maximum Gasteiger partial charge on any atom is 0.193 e. The quantitative estimate of drug-likeness (QED) is 0.452. The molecule has 0 saturated heterocycles. The largest absolute Gasteiger partial charge is 0.298 e. The van der Waals surface area contributed by atoms with Crippen LogP contribution < -0.4 is 0 Å². The fourth-order valence-corrected chi connectivity index (χ4v) is 0.758. The van der Waals surface area contributed by atoms with Gasteiger partial charge in [0.1, 0.15) is 6.29 Å². The molecule has 0 aliphatic heterocycles. The van der Waals surface area contributed by atoms with Crippen LogP contribution >= 0.6 is 0 Å². The average Bonchev–Trinajstić information content (AvgIpc) is 2.15. The number of aldehydes is 2. The first-order chi connectivity index (χ1) is 5.86. The maximum atomic E-state index is 10.2. The molecule has 0 amide bonds. The fraction of sp³-hybridized carbons (Fsp3) is 0. The van der Waals surface area contributed by atoms with Crippen molar-refractivity contribution in [3.05, 3.63) is 35.4 Å². The van der Waals surface area contributed by atoms with Crippen LogP contribution in [0.5, 0.6) is 0 Å². The molecule has 0 aromatic heterocycles. The molecule has 1 rings (SSSR count). The van der Waals surface area contributed by atoms with Gasteiger partial charge in [-0.1, -0.05) is 18.1 Å². The van der Waals surface area contributed by atoms with Crippen LogP contribution in [0.4, 0.5) is 0 Å². The average molecular weight is 158 g/mol. The molecule has 0 radical (unpaired) electrons. The van der Waals surface area contributed by atoms with Gasteiger partial charge >= 0.3 is 0 Å². The van der Waals surface area contributed by atoms with E-state index in [1.165, 1.54) is 0 Å². The summed E-state index contributed by atoms with van der Waals surface area (Å²) in [6.45, 7) is 0. The Balaban J connectivity index is 2.91. The monoisotopic (exact) mass is 158 g/mol. The molecule has 0 unspecified atom stereocenters. The van der Waals surface area contributed by atoms with Gasteiger partial charge in [0.15, 0.2) is 6.29 Å².